The third-order valence-electron chi connectivity index (χ3n) is 5.25. The van der Waals surface area contributed by atoms with E-state index in [-0.39, 0.29) is 30.6 Å². The Morgan fingerprint density at radius 2 is 1.90 bits per heavy atom. The van der Waals surface area contributed by atoms with Crippen molar-refractivity contribution in [2.75, 3.05) is 32.8 Å². The molecule has 1 unspecified atom stereocenters. The van der Waals surface area contributed by atoms with Crippen LogP contribution in [-0.4, -0.2) is 49.6 Å². The molecule has 0 aromatic heterocycles. The highest BCUT2D eigenvalue weighted by Gasteiger charge is 2.24. The molecule has 0 radical (unpaired) electrons. The quantitative estimate of drug-likeness (QED) is 0.293. The Morgan fingerprint density at radius 3 is 2.58 bits per heavy atom. The molecular weight excluding hydrogens is 503 g/mol. The zero-order valence-corrected chi connectivity index (χ0v) is 20.5. The number of likely N-dealkylation sites (tertiary alicyclic amines) is 1. The Bertz CT molecular complexity index is 827. The minimum atomic E-state index is -0.475. The summed E-state index contributed by atoms with van der Waals surface area (Å²) in [6.07, 6.45) is 3.18. The number of amides is 1. The predicted octanol–water partition coefficient (Wildman–Crippen LogP) is 3.24. The normalized spacial score (nSPS) is 16.0. The van der Waals surface area contributed by atoms with Crippen molar-refractivity contribution in [3.8, 4) is 5.75 Å². The van der Waals surface area contributed by atoms with Crippen molar-refractivity contribution in [2.45, 2.75) is 26.2 Å². The SMILES string of the molecule is CCNC(=NCCc1ccc(OCC(N)=O)cc1)N1CCC(Cc2ccccc2)C1.I. The Kier molecular flexibility index (Phi) is 10.6. The molecule has 0 bridgehead atoms. The van der Waals surface area contributed by atoms with E-state index in [1.54, 1.807) is 0 Å². The number of guanidine groups is 1. The van der Waals surface area contributed by atoms with Gasteiger partial charge < -0.3 is 20.7 Å². The van der Waals surface area contributed by atoms with Crippen LogP contribution in [0, 0.1) is 5.92 Å². The average molecular weight is 536 g/mol. The molecule has 6 nitrogen and oxygen atoms in total. The summed E-state index contributed by atoms with van der Waals surface area (Å²) in [7, 11) is 0. The first kappa shape index (κ1) is 25.0. The molecule has 1 aliphatic rings. The Morgan fingerprint density at radius 1 is 1.16 bits per heavy atom. The molecule has 1 amide bonds. The van der Waals surface area contributed by atoms with Gasteiger partial charge in [0, 0.05) is 26.2 Å². The summed E-state index contributed by atoms with van der Waals surface area (Å²) in [6.45, 7) is 5.70. The number of hydrogen-bond acceptors (Lipinski definition) is 3. The summed E-state index contributed by atoms with van der Waals surface area (Å²) in [5.74, 6) is 1.85. The standard InChI is InChI=1S/C24H32N4O2.HI/c1-2-26-24(28-15-13-21(17-28)16-20-6-4-3-5-7-20)27-14-12-19-8-10-22(11-9-19)30-18-23(25)29;/h3-11,21H,2,12-18H2,1H3,(H2,25,29)(H,26,27);1H. The number of rotatable bonds is 9. The Balaban J connectivity index is 0.00000341. The fraction of sp³-hybridized carbons (Fsp3) is 0.417. The maximum atomic E-state index is 10.8. The van der Waals surface area contributed by atoms with Crippen molar-refractivity contribution in [3.63, 3.8) is 0 Å². The van der Waals surface area contributed by atoms with Crippen LogP contribution >= 0.6 is 24.0 Å². The van der Waals surface area contributed by atoms with Gasteiger partial charge in [0.25, 0.3) is 5.91 Å². The summed E-state index contributed by atoms with van der Waals surface area (Å²) >= 11 is 0. The number of nitrogens with zero attached hydrogens (tertiary/aromatic N) is 2. The predicted molar refractivity (Wildman–Crippen MR) is 136 cm³/mol. The van der Waals surface area contributed by atoms with Gasteiger partial charge in [0.2, 0.25) is 0 Å². The van der Waals surface area contributed by atoms with E-state index >= 15 is 0 Å². The summed E-state index contributed by atoms with van der Waals surface area (Å²) in [5, 5.41) is 3.44. The number of ether oxygens (including phenoxy) is 1. The van der Waals surface area contributed by atoms with Crippen LogP contribution in [0.1, 0.15) is 24.5 Å². The van der Waals surface area contributed by atoms with Crippen molar-refractivity contribution in [2.24, 2.45) is 16.6 Å². The number of aliphatic imine (C=N–C) groups is 1. The van der Waals surface area contributed by atoms with E-state index in [0.717, 1.165) is 45.0 Å². The topological polar surface area (TPSA) is 80.0 Å². The van der Waals surface area contributed by atoms with Crippen molar-refractivity contribution < 1.29 is 9.53 Å². The lowest BCUT2D eigenvalue weighted by Gasteiger charge is -2.21. The molecule has 7 heteroatoms. The third kappa shape index (κ3) is 8.40. The van der Waals surface area contributed by atoms with Crippen LogP contribution in [0.5, 0.6) is 5.75 Å². The van der Waals surface area contributed by atoms with Crippen LogP contribution in [-0.2, 0) is 17.6 Å². The molecule has 1 aliphatic heterocycles. The third-order valence-corrected chi connectivity index (χ3v) is 5.25. The van der Waals surface area contributed by atoms with Gasteiger partial charge in [0.15, 0.2) is 12.6 Å². The van der Waals surface area contributed by atoms with Crippen molar-refractivity contribution in [3.05, 3.63) is 65.7 Å². The van der Waals surface area contributed by atoms with Crippen LogP contribution in [0.25, 0.3) is 0 Å². The zero-order valence-electron chi connectivity index (χ0n) is 18.1. The lowest BCUT2D eigenvalue weighted by molar-refractivity contribution is -0.119. The maximum Gasteiger partial charge on any atom is 0.255 e. The van der Waals surface area contributed by atoms with E-state index in [1.165, 1.54) is 17.5 Å². The van der Waals surface area contributed by atoms with E-state index < -0.39 is 5.91 Å². The molecule has 2 aromatic rings. The maximum absolute atomic E-state index is 10.8. The number of benzene rings is 2. The number of nitrogens with one attached hydrogen (secondary N) is 1. The van der Waals surface area contributed by atoms with E-state index in [9.17, 15) is 4.79 Å². The molecule has 1 saturated heterocycles. The number of carbonyl (C=O) groups excluding carboxylic acids is 1. The highest BCUT2D eigenvalue weighted by atomic mass is 127. The fourth-order valence-corrected chi connectivity index (χ4v) is 3.76. The van der Waals surface area contributed by atoms with Gasteiger partial charge in [-0.1, -0.05) is 42.5 Å². The van der Waals surface area contributed by atoms with E-state index in [1.807, 2.05) is 24.3 Å². The second kappa shape index (κ2) is 13.2. The minimum absolute atomic E-state index is 0. The second-order valence-electron chi connectivity index (χ2n) is 7.68. The van der Waals surface area contributed by atoms with Gasteiger partial charge in [0.05, 0.1) is 0 Å². The molecule has 0 spiro atoms. The monoisotopic (exact) mass is 536 g/mol. The number of primary amides is 1. The summed E-state index contributed by atoms with van der Waals surface area (Å²) in [4.78, 5) is 18.0. The van der Waals surface area contributed by atoms with Crippen molar-refractivity contribution in [1.29, 1.82) is 0 Å². The van der Waals surface area contributed by atoms with Gasteiger partial charge >= 0.3 is 0 Å². The first-order valence-corrected chi connectivity index (χ1v) is 10.7. The summed E-state index contributed by atoms with van der Waals surface area (Å²) in [5.41, 5.74) is 7.70. The molecule has 2 aromatic carbocycles. The molecular formula is C24H33IN4O2. The number of hydrogen-bond donors (Lipinski definition) is 2. The Labute approximate surface area is 202 Å². The van der Waals surface area contributed by atoms with Crippen LogP contribution in [0.2, 0.25) is 0 Å². The molecule has 168 valence electrons. The summed E-state index contributed by atoms with van der Waals surface area (Å²) in [6, 6.07) is 18.5. The number of carbonyl (C=O) groups is 1. The van der Waals surface area contributed by atoms with Crippen molar-refractivity contribution in [1.82, 2.24) is 10.2 Å². The van der Waals surface area contributed by atoms with Gasteiger partial charge in [-0.05, 0) is 55.4 Å². The second-order valence-corrected chi connectivity index (χ2v) is 7.68. The largest absolute Gasteiger partial charge is 0.484 e. The van der Waals surface area contributed by atoms with Gasteiger partial charge in [-0.2, -0.15) is 0 Å². The smallest absolute Gasteiger partial charge is 0.255 e. The summed E-state index contributed by atoms with van der Waals surface area (Å²) < 4.78 is 5.30. The molecule has 1 atom stereocenters. The van der Waals surface area contributed by atoms with Gasteiger partial charge in [-0.15, -0.1) is 24.0 Å². The number of nitrogens with two attached hydrogens (primary N) is 1. The lowest BCUT2D eigenvalue weighted by atomic mass is 9.99. The first-order chi connectivity index (χ1) is 14.6. The highest BCUT2D eigenvalue weighted by Crippen LogP contribution is 2.21. The zero-order chi connectivity index (χ0) is 21.2. The Hall–Kier alpha value is -2.29. The van der Waals surface area contributed by atoms with Crippen LogP contribution in [0.15, 0.2) is 59.6 Å². The molecule has 1 heterocycles. The highest BCUT2D eigenvalue weighted by molar-refractivity contribution is 14.0. The molecule has 1 fully saturated rings. The fourth-order valence-electron chi connectivity index (χ4n) is 3.76. The van der Waals surface area contributed by atoms with Gasteiger partial charge in [0.1, 0.15) is 5.75 Å². The van der Waals surface area contributed by atoms with E-state index in [2.05, 4.69) is 47.5 Å². The molecule has 3 N–H and O–H groups in total. The van der Waals surface area contributed by atoms with Crippen LogP contribution < -0.4 is 15.8 Å². The van der Waals surface area contributed by atoms with Gasteiger partial charge in [-0.3, -0.25) is 9.79 Å². The first-order valence-electron chi connectivity index (χ1n) is 10.7. The number of halogens is 1. The van der Waals surface area contributed by atoms with Crippen molar-refractivity contribution >= 4 is 35.8 Å². The average Bonchev–Trinajstić information content (AvgIpc) is 3.21. The van der Waals surface area contributed by atoms with Crippen LogP contribution in [0.4, 0.5) is 0 Å². The van der Waals surface area contributed by atoms with E-state index in [0.29, 0.717) is 11.7 Å². The lowest BCUT2D eigenvalue weighted by Crippen LogP contribution is -2.40. The minimum Gasteiger partial charge on any atom is -0.484 e. The molecule has 31 heavy (non-hydrogen) atoms. The van der Waals surface area contributed by atoms with E-state index in [4.69, 9.17) is 15.5 Å². The molecule has 0 saturated carbocycles. The molecule has 3 rings (SSSR count). The molecule has 0 aliphatic carbocycles. The van der Waals surface area contributed by atoms with Gasteiger partial charge in [-0.25, -0.2) is 0 Å². The van der Waals surface area contributed by atoms with Crippen LogP contribution in [0.3, 0.4) is 0 Å².